The van der Waals surface area contributed by atoms with Crippen molar-refractivity contribution in [2.45, 2.75) is 13.0 Å². The van der Waals surface area contributed by atoms with Crippen LogP contribution in [0, 0.1) is 0 Å². The maximum Gasteiger partial charge on any atom is 0.319 e. The molecule has 25 heavy (non-hydrogen) atoms. The molecule has 0 aromatic carbocycles. The number of pyridine rings is 3. The number of ether oxygens (including phenoxy) is 1. The van der Waals surface area contributed by atoms with E-state index in [1.807, 2.05) is 19.1 Å². The van der Waals surface area contributed by atoms with Gasteiger partial charge in [-0.3, -0.25) is 9.78 Å². The summed E-state index contributed by atoms with van der Waals surface area (Å²) in [4.78, 5) is 35.7. The number of rotatable bonds is 4. The molecule has 0 radical (unpaired) electrons. The van der Waals surface area contributed by atoms with Crippen molar-refractivity contribution in [2.24, 2.45) is 0 Å². The van der Waals surface area contributed by atoms with Gasteiger partial charge in [0.15, 0.2) is 0 Å². The quantitative estimate of drug-likeness (QED) is 0.675. The molecule has 3 aromatic rings. The molecule has 0 saturated heterocycles. The molecule has 8 nitrogen and oxygen atoms in total. The van der Waals surface area contributed by atoms with E-state index in [1.165, 1.54) is 13.3 Å². The number of methoxy groups -OCH3 is 1. The predicted molar refractivity (Wildman–Crippen MR) is 93.7 cm³/mol. The molecule has 0 aliphatic carbocycles. The number of nitrogens with one attached hydrogen (secondary N) is 3. The Labute approximate surface area is 143 Å². The number of anilines is 1. The summed E-state index contributed by atoms with van der Waals surface area (Å²) >= 11 is 0. The van der Waals surface area contributed by atoms with E-state index >= 15 is 0 Å². The zero-order chi connectivity index (χ0) is 17.8. The highest BCUT2D eigenvalue weighted by Crippen LogP contribution is 2.14. The van der Waals surface area contributed by atoms with Crippen molar-refractivity contribution in [3.63, 3.8) is 0 Å². The third kappa shape index (κ3) is 3.57. The summed E-state index contributed by atoms with van der Waals surface area (Å²) in [5.41, 5.74) is 1.37. The minimum absolute atomic E-state index is 0.104. The molecular weight excluding hydrogens is 322 g/mol. The lowest BCUT2D eigenvalue weighted by Gasteiger charge is -2.14. The second-order valence-corrected chi connectivity index (χ2v) is 5.38. The summed E-state index contributed by atoms with van der Waals surface area (Å²) in [6, 6.07) is 6.23. The van der Waals surface area contributed by atoms with Gasteiger partial charge >= 0.3 is 6.03 Å². The van der Waals surface area contributed by atoms with Crippen LogP contribution in [0.3, 0.4) is 0 Å². The van der Waals surface area contributed by atoms with Gasteiger partial charge in [-0.1, -0.05) is 0 Å². The number of hydrogen-bond acceptors (Lipinski definition) is 5. The number of fused-ring (bicyclic) bond motifs is 1. The smallest absolute Gasteiger partial charge is 0.319 e. The van der Waals surface area contributed by atoms with Crippen molar-refractivity contribution in [3.8, 4) is 5.88 Å². The second kappa shape index (κ2) is 7.00. The van der Waals surface area contributed by atoms with Gasteiger partial charge in [0.2, 0.25) is 11.3 Å². The zero-order valence-electron chi connectivity index (χ0n) is 13.7. The largest absolute Gasteiger partial charge is 0.481 e. The number of carbonyl (C=O) groups is 1. The van der Waals surface area contributed by atoms with Gasteiger partial charge in [0.05, 0.1) is 18.7 Å². The monoisotopic (exact) mass is 339 g/mol. The maximum absolute atomic E-state index is 12.5. The van der Waals surface area contributed by atoms with Crippen LogP contribution in [0.25, 0.3) is 11.0 Å². The number of hydrogen-bond donors (Lipinski definition) is 3. The average molecular weight is 339 g/mol. The highest BCUT2D eigenvalue weighted by Gasteiger charge is 2.13. The van der Waals surface area contributed by atoms with Crippen LogP contribution in [0.15, 0.2) is 47.7 Å². The van der Waals surface area contributed by atoms with Crippen LogP contribution in [-0.4, -0.2) is 28.1 Å². The maximum atomic E-state index is 12.5. The lowest BCUT2D eigenvalue weighted by atomic mass is 10.1. The first-order valence-electron chi connectivity index (χ1n) is 7.62. The number of nitrogens with zero attached hydrogens (tertiary/aromatic N) is 2. The zero-order valence-corrected chi connectivity index (χ0v) is 13.7. The van der Waals surface area contributed by atoms with Crippen LogP contribution in [0.1, 0.15) is 18.5 Å². The van der Waals surface area contributed by atoms with Crippen LogP contribution >= 0.6 is 0 Å². The minimum atomic E-state index is -0.489. The Morgan fingerprint density at radius 1 is 1.24 bits per heavy atom. The summed E-state index contributed by atoms with van der Waals surface area (Å²) in [6.07, 6.45) is 4.74. The Balaban J connectivity index is 1.79. The van der Waals surface area contributed by atoms with Crippen molar-refractivity contribution in [2.75, 3.05) is 12.4 Å². The highest BCUT2D eigenvalue weighted by atomic mass is 16.5. The standard InChI is InChI=1S/C17H17N5O3/c1-10(11-5-7-18-8-6-11)20-17(24)21-13-9-19-12-3-4-14(25-2)22-15(12)16(13)23/h3-10H,1-2H3,(H,19,23)(H2,20,21,24)/t10-/m1/s1. The highest BCUT2D eigenvalue weighted by molar-refractivity contribution is 5.91. The molecule has 1 atom stereocenters. The first-order valence-corrected chi connectivity index (χ1v) is 7.62. The number of carbonyl (C=O) groups excluding carboxylic acids is 1. The summed E-state index contributed by atoms with van der Waals surface area (Å²) in [5.74, 6) is 0.325. The summed E-state index contributed by atoms with van der Waals surface area (Å²) in [7, 11) is 1.47. The molecule has 3 rings (SSSR count). The third-order valence-corrected chi connectivity index (χ3v) is 3.71. The van der Waals surface area contributed by atoms with Crippen LogP contribution in [0.2, 0.25) is 0 Å². The average Bonchev–Trinajstić information content (AvgIpc) is 2.64. The van der Waals surface area contributed by atoms with Gasteiger partial charge < -0.3 is 20.4 Å². The lowest BCUT2D eigenvalue weighted by molar-refractivity contribution is 0.249. The van der Waals surface area contributed by atoms with E-state index in [9.17, 15) is 9.59 Å². The topological polar surface area (TPSA) is 109 Å². The fourth-order valence-electron chi connectivity index (χ4n) is 2.37. The van der Waals surface area contributed by atoms with Crippen LogP contribution in [0.5, 0.6) is 5.88 Å². The molecule has 0 bridgehead atoms. The van der Waals surface area contributed by atoms with Crippen molar-refractivity contribution in [3.05, 3.63) is 58.6 Å². The van der Waals surface area contributed by atoms with Crippen molar-refractivity contribution >= 4 is 22.8 Å². The Morgan fingerprint density at radius 2 is 2.00 bits per heavy atom. The molecular formula is C17H17N5O3. The minimum Gasteiger partial charge on any atom is -0.481 e. The van der Waals surface area contributed by atoms with Gasteiger partial charge in [0.25, 0.3) is 0 Å². The number of urea groups is 1. The van der Waals surface area contributed by atoms with Gasteiger partial charge in [-0.25, -0.2) is 9.78 Å². The Bertz CT molecular complexity index is 955. The van der Waals surface area contributed by atoms with E-state index in [0.717, 1.165) is 5.56 Å². The van der Waals surface area contributed by atoms with E-state index < -0.39 is 6.03 Å². The van der Waals surface area contributed by atoms with E-state index in [4.69, 9.17) is 4.74 Å². The number of aromatic amines is 1. The van der Waals surface area contributed by atoms with Gasteiger partial charge in [-0.05, 0) is 30.7 Å². The Morgan fingerprint density at radius 3 is 2.72 bits per heavy atom. The Kier molecular flexibility index (Phi) is 4.60. The lowest BCUT2D eigenvalue weighted by Crippen LogP contribution is -2.33. The Hall–Kier alpha value is -3.42. The molecule has 0 aliphatic heterocycles. The second-order valence-electron chi connectivity index (χ2n) is 5.38. The number of amides is 2. The molecule has 8 heteroatoms. The van der Waals surface area contributed by atoms with E-state index in [-0.39, 0.29) is 22.7 Å². The predicted octanol–water partition coefficient (Wildman–Crippen LogP) is 2.21. The van der Waals surface area contributed by atoms with Crippen molar-refractivity contribution in [1.82, 2.24) is 20.3 Å². The van der Waals surface area contributed by atoms with Gasteiger partial charge in [0, 0.05) is 24.7 Å². The molecule has 0 spiro atoms. The number of H-pyrrole nitrogens is 1. The fraction of sp³-hybridized carbons (Fsp3) is 0.176. The van der Waals surface area contributed by atoms with E-state index in [1.54, 1.807) is 24.5 Å². The van der Waals surface area contributed by atoms with Crippen LogP contribution in [-0.2, 0) is 0 Å². The summed E-state index contributed by atoms with van der Waals surface area (Å²) in [6.45, 7) is 1.84. The van der Waals surface area contributed by atoms with Gasteiger partial charge in [-0.2, -0.15) is 0 Å². The molecule has 3 N–H and O–H groups in total. The molecule has 0 aliphatic rings. The fourth-order valence-corrected chi connectivity index (χ4v) is 2.37. The number of aromatic nitrogens is 3. The molecule has 0 unspecified atom stereocenters. The van der Waals surface area contributed by atoms with Crippen LogP contribution < -0.4 is 20.8 Å². The SMILES string of the molecule is COc1ccc2[nH]cc(NC(=O)N[C@H](C)c3ccncc3)c(=O)c2n1. The molecule has 3 aromatic heterocycles. The normalized spacial score (nSPS) is 11.8. The summed E-state index contributed by atoms with van der Waals surface area (Å²) < 4.78 is 5.03. The molecule has 3 heterocycles. The summed E-state index contributed by atoms with van der Waals surface area (Å²) in [5, 5.41) is 5.32. The van der Waals surface area contributed by atoms with Gasteiger partial charge in [0.1, 0.15) is 11.2 Å². The van der Waals surface area contributed by atoms with E-state index in [0.29, 0.717) is 11.4 Å². The molecule has 0 fully saturated rings. The first kappa shape index (κ1) is 16.4. The van der Waals surface area contributed by atoms with Crippen molar-refractivity contribution in [1.29, 1.82) is 0 Å². The van der Waals surface area contributed by atoms with Gasteiger partial charge in [-0.15, -0.1) is 0 Å². The third-order valence-electron chi connectivity index (χ3n) is 3.71. The van der Waals surface area contributed by atoms with Crippen LogP contribution in [0.4, 0.5) is 10.5 Å². The molecule has 128 valence electrons. The molecule has 2 amide bonds. The van der Waals surface area contributed by atoms with Crippen molar-refractivity contribution < 1.29 is 9.53 Å². The molecule has 0 saturated carbocycles. The first-order chi connectivity index (χ1) is 12.1. The van der Waals surface area contributed by atoms with E-state index in [2.05, 4.69) is 25.6 Å².